The van der Waals surface area contributed by atoms with Gasteiger partial charge < -0.3 is 9.32 Å². The van der Waals surface area contributed by atoms with E-state index in [0.717, 1.165) is 5.56 Å². The Morgan fingerprint density at radius 1 is 1.26 bits per heavy atom. The number of thioether (sulfide) groups is 1. The summed E-state index contributed by atoms with van der Waals surface area (Å²) in [5.74, 6) is 0.397. The SMILES string of the molecule is C=CCN(CC=C)C(=O)CSc1ncc(-c2ccc(F)cc2)o1. The summed E-state index contributed by atoms with van der Waals surface area (Å²) in [7, 11) is 0. The van der Waals surface area contributed by atoms with E-state index < -0.39 is 0 Å². The third-order valence-electron chi connectivity index (χ3n) is 2.98. The molecule has 120 valence electrons. The van der Waals surface area contributed by atoms with Gasteiger partial charge in [0.1, 0.15) is 5.82 Å². The molecule has 0 aliphatic carbocycles. The molecule has 0 spiro atoms. The number of oxazole rings is 1. The first-order chi connectivity index (χ1) is 11.1. The van der Waals surface area contributed by atoms with Crippen LogP contribution in [-0.2, 0) is 4.79 Å². The molecule has 1 heterocycles. The zero-order valence-electron chi connectivity index (χ0n) is 12.6. The third-order valence-corrected chi connectivity index (χ3v) is 3.81. The van der Waals surface area contributed by atoms with Crippen molar-refractivity contribution < 1.29 is 13.6 Å². The van der Waals surface area contributed by atoms with Crippen molar-refractivity contribution in [2.45, 2.75) is 5.22 Å². The van der Waals surface area contributed by atoms with E-state index >= 15 is 0 Å². The van der Waals surface area contributed by atoms with Gasteiger partial charge in [0.2, 0.25) is 5.91 Å². The van der Waals surface area contributed by atoms with E-state index in [0.29, 0.717) is 24.1 Å². The van der Waals surface area contributed by atoms with Crippen LogP contribution in [0.3, 0.4) is 0 Å². The molecule has 1 aromatic heterocycles. The van der Waals surface area contributed by atoms with Gasteiger partial charge in [-0.15, -0.1) is 13.2 Å². The van der Waals surface area contributed by atoms with Gasteiger partial charge in [0.05, 0.1) is 11.9 Å². The van der Waals surface area contributed by atoms with Crippen LogP contribution in [0, 0.1) is 5.82 Å². The van der Waals surface area contributed by atoms with E-state index in [1.54, 1.807) is 35.4 Å². The molecule has 2 rings (SSSR count). The summed E-state index contributed by atoms with van der Waals surface area (Å²) in [6.45, 7) is 8.21. The predicted octanol–water partition coefficient (Wildman–Crippen LogP) is 3.77. The minimum Gasteiger partial charge on any atom is -0.431 e. The first-order valence-electron chi connectivity index (χ1n) is 6.98. The van der Waals surface area contributed by atoms with Crippen molar-refractivity contribution in [2.75, 3.05) is 18.8 Å². The van der Waals surface area contributed by atoms with Crippen molar-refractivity contribution in [2.24, 2.45) is 0 Å². The molecule has 6 heteroatoms. The molecule has 4 nitrogen and oxygen atoms in total. The molecule has 2 aromatic rings. The van der Waals surface area contributed by atoms with E-state index in [9.17, 15) is 9.18 Å². The van der Waals surface area contributed by atoms with Crippen LogP contribution in [0.5, 0.6) is 0 Å². The van der Waals surface area contributed by atoms with Crippen LogP contribution < -0.4 is 0 Å². The molecule has 0 N–H and O–H groups in total. The van der Waals surface area contributed by atoms with Gasteiger partial charge in [-0.3, -0.25) is 4.79 Å². The highest BCUT2D eigenvalue weighted by molar-refractivity contribution is 7.99. The fourth-order valence-electron chi connectivity index (χ4n) is 1.88. The summed E-state index contributed by atoms with van der Waals surface area (Å²) in [5, 5.41) is 0.398. The van der Waals surface area contributed by atoms with Gasteiger partial charge in [0.15, 0.2) is 5.76 Å². The minimum atomic E-state index is -0.307. The van der Waals surface area contributed by atoms with Crippen molar-refractivity contribution in [1.29, 1.82) is 0 Å². The maximum atomic E-state index is 12.9. The molecular weight excluding hydrogens is 315 g/mol. The first-order valence-corrected chi connectivity index (χ1v) is 7.96. The van der Waals surface area contributed by atoms with Crippen molar-refractivity contribution in [3.63, 3.8) is 0 Å². The number of amides is 1. The number of rotatable bonds is 8. The molecule has 0 aliphatic heterocycles. The van der Waals surface area contributed by atoms with Gasteiger partial charge in [-0.05, 0) is 24.3 Å². The molecule has 0 saturated heterocycles. The Labute approximate surface area is 138 Å². The first kappa shape index (κ1) is 17.0. The lowest BCUT2D eigenvalue weighted by molar-refractivity contribution is -0.127. The van der Waals surface area contributed by atoms with E-state index in [-0.39, 0.29) is 17.5 Å². The number of carbonyl (C=O) groups excluding carboxylic acids is 1. The average molecular weight is 332 g/mol. The van der Waals surface area contributed by atoms with E-state index in [4.69, 9.17) is 4.42 Å². The van der Waals surface area contributed by atoms with Crippen molar-refractivity contribution >= 4 is 17.7 Å². The largest absolute Gasteiger partial charge is 0.431 e. The Balaban J connectivity index is 1.96. The van der Waals surface area contributed by atoms with Crippen LogP contribution in [0.1, 0.15) is 0 Å². The van der Waals surface area contributed by atoms with Gasteiger partial charge in [0, 0.05) is 18.7 Å². The average Bonchev–Trinajstić information content (AvgIpc) is 3.02. The number of hydrogen-bond acceptors (Lipinski definition) is 4. The second-order valence-corrected chi connectivity index (χ2v) is 5.59. The zero-order valence-corrected chi connectivity index (χ0v) is 13.4. The fraction of sp³-hybridized carbons (Fsp3) is 0.176. The van der Waals surface area contributed by atoms with Crippen LogP contribution in [0.2, 0.25) is 0 Å². The number of hydrogen-bond donors (Lipinski definition) is 0. The molecule has 0 saturated carbocycles. The molecule has 1 aromatic carbocycles. The molecule has 0 unspecified atom stereocenters. The smallest absolute Gasteiger partial charge is 0.256 e. The summed E-state index contributed by atoms with van der Waals surface area (Å²) >= 11 is 1.22. The maximum Gasteiger partial charge on any atom is 0.256 e. The predicted molar refractivity (Wildman–Crippen MR) is 89.6 cm³/mol. The van der Waals surface area contributed by atoms with Gasteiger partial charge >= 0.3 is 0 Å². The normalized spacial score (nSPS) is 10.3. The number of halogens is 1. The second-order valence-electron chi connectivity index (χ2n) is 4.66. The topological polar surface area (TPSA) is 46.3 Å². The molecule has 0 bridgehead atoms. The molecule has 0 atom stereocenters. The van der Waals surface area contributed by atoms with E-state index in [2.05, 4.69) is 18.1 Å². The van der Waals surface area contributed by atoms with Gasteiger partial charge in [-0.1, -0.05) is 23.9 Å². The standard InChI is InChI=1S/C17H17FN2O2S/c1-3-9-20(10-4-2)16(21)12-23-17-19-11-15(22-17)13-5-7-14(18)8-6-13/h3-8,11H,1-2,9-10,12H2. The molecule has 0 fully saturated rings. The number of nitrogens with zero attached hydrogens (tertiary/aromatic N) is 2. The molecular formula is C17H17FN2O2S. The highest BCUT2D eigenvalue weighted by Crippen LogP contribution is 2.25. The lowest BCUT2D eigenvalue weighted by Gasteiger charge is -2.18. The summed E-state index contributed by atoms with van der Waals surface area (Å²) in [6.07, 6.45) is 4.90. The van der Waals surface area contributed by atoms with Crippen molar-refractivity contribution in [3.8, 4) is 11.3 Å². The fourth-order valence-corrected chi connectivity index (χ4v) is 2.58. The molecule has 1 amide bonds. The Morgan fingerprint density at radius 3 is 2.52 bits per heavy atom. The van der Waals surface area contributed by atoms with Crippen molar-refractivity contribution in [1.82, 2.24) is 9.88 Å². The summed E-state index contributed by atoms with van der Waals surface area (Å²) in [6, 6.07) is 5.95. The van der Waals surface area contributed by atoms with Gasteiger partial charge in [-0.2, -0.15) is 0 Å². The number of aromatic nitrogens is 1. The lowest BCUT2D eigenvalue weighted by atomic mass is 10.2. The zero-order chi connectivity index (χ0) is 16.7. The Morgan fingerprint density at radius 2 is 1.91 bits per heavy atom. The molecule has 0 radical (unpaired) electrons. The second kappa shape index (κ2) is 8.33. The minimum absolute atomic E-state index is 0.0451. The van der Waals surface area contributed by atoms with Gasteiger partial charge in [0.25, 0.3) is 5.22 Å². The van der Waals surface area contributed by atoms with Crippen LogP contribution in [-0.4, -0.2) is 34.6 Å². The van der Waals surface area contributed by atoms with Crippen LogP contribution in [0.15, 0.2) is 65.4 Å². The number of carbonyl (C=O) groups is 1. The summed E-state index contributed by atoms with van der Waals surface area (Å²) in [5.41, 5.74) is 0.733. The highest BCUT2D eigenvalue weighted by atomic mass is 32.2. The van der Waals surface area contributed by atoms with Crippen LogP contribution in [0.4, 0.5) is 4.39 Å². The van der Waals surface area contributed by atoms with Gasteiger partial charge in [-0.25, -0.2) is 9.37 Å². The summed E-state index contributed by atoms with van der Waals surface area (Å²) in [4.78, 5) is 17.9. The maximum absolute atomic E-state index is 12.9. The number of benzene rings is 1. The Kier molecular flexibility index (Phi) is 6.17. The Bertz CT molecular complexity index is 672. The highest BCUT2D eigenvalue weighted by Gasteiger charge is 2.14. The molecule has 0 aliphatic rings. The lowest BCUT2D eigenvalue weighted by Crippen LogP contribution is -2.32. The molecule has 23 heavy (non-hydrogen) atoms. The monoisotopic (exact) mass is 332 g/mol. The van der Waals surface area contributed by atoms with Crippen molar-refractivity contribution in [3.05, 3.63) is 61.6 Å². The van der Waals surface area contributed by atoms with E-state index in [1.165, 1.54) is 23.9 Å². The summed E-state index contributed by atoms with van der Waals surface area (Å²) < 4.78 is 18.5. The van der Waals surface area contributed by atoms with E-state index in [1.807, 2.05) is 0 Å². The Hall–Kier alpha value is -2.34. The van der Waals surface area contributed by atoms with Crippen LogP contribution >= 0.6 is 11.8 Å². The third kappa shape index (κ3) is 4.82. The van der Waals surface area contributed by atoms with Crippen LogP contribution in [0.25, 0.3) is 11.3 Å². The quantitative estimate of drug-likeness (QED) is 0.545.